The molecule has 29 heavy (non-hydrogen) atoms. The van der Waals surface area contributed by atoms with Crippen molar-refractivity contribution in [3.8, 4) is 5.75 Å². The Bertz CT molecular complexity index is 1050. The standard InChI is InChI=1S/C24H25N3O2/c1-26(16-19-10-4-2-5-11-19)24-25-22-14-8-9-15-23(22)27(24)17-20(28)18-29-21-12-6-3-7-13-21/h2-15,20,28H,16-18H2,1H3/t20-/m1/s1. The molecule has 1 aromatic heterocycles. The first-order chi connectivity index (χ1) is 14.2. The predicted octanol–water partition coefficient (Wildman–Crippen LogP) is 4.11. The Morgan fingerprint density at radius 3 is 2.34 bits per heavy atom. The van der Waals surface area contributed by atoms with Gasteiger partial charge in [-0.05, 0) is 29.8 Å². The van der Waals surface area contributed by atoms with Crippen molar-refractivity contribution in [2.45, 2.75) is 19.2 Å². The van der Waals surface area contributed by atoms with Crippen LogP contribution < -0.4 is 9.64 Å². The zero-order valence-corrected chi connectivity index (χ0v) is 16.5. The third-order valence-electron chi connectivity index (χ3n) is 4.82. The summed E-state index contributed by atoms with van der Waals surface area (Å²) in [5.41, 5.74) is 3.13. The number of benzene rings is 3. The second-order valence-electron chi connectivity index (χ2n) is 7.13. The van der Waals surface area contributed by atoms with E-state index in [-0.39, 0.29) is 6.61 Å². The van der Waals surface area contributed by atoms with Crippen LogP contribution in [0.1, 0.15) is 5.56 Å². The smallest absolute Gasteiger partial charge is 0.206 e. The van der Waals surface area contributed by atoms with E-state index >= 15 is 0 Å². The number of hydrogen-bond acceptors (Lipinski definition) is 4. The number of para-hydroxylation sites is 3. The van der Waals surface area contributed by atoms with Gasteiger partial charge in [0.2, 0.25) is 5.95 Å². The fraction of sp³-hybridized carbons (Fsp3) is 0.208. The summed E-state index contributed by atoms with van der Waals surface area (Å²) < 4.78 is 7.79. The van der Waals surface area contributed by atoms with Crippen LogP contribution in [0.3, 0.4) is 0 Å². The Morgan fingerprint density at radius 2 is 1.59 bits per heavy atom. The number of anilines is 1. The first-order valence-corrected chi connectivity index (χ1v) is 9.77. The minimum absolute atomic E-state index is 0.221. The number of fused-ring (bicyclic) bond motifs is 1. The largest absolute Gasteiger partial charge is 0.491 e. The Hall–Kier alpha value is -3.31. The molecule has 4 aromatic rings. The number of rotatable bonds is 8. The summed E-state index contributed by atoms with van der Waals surface area (Å²) >= 11 is 0. The van der Waals surface area contributed by atoms with Crippen molar-refractivity contribution in [2.75, 3.05) is 18.6 Å². The van der Waals surface area contributed by atoms with Crippen LogP contribution in [0.15, 0.2) is 84.9 Å². The fourth-order valence-corrected chi connectivity index (χ4v) is 3.43. The van der Waals surface area contributed by atoms with Crippen LogP contribution in [-0.2, 0) is 13.1 Å². The molecule has 0 unspecified atom stereocenters. The molecule has 0 aliphatic carbocycles. The molecular weight excluding hydrogens is 362 g/mol. The molecule has 0 spiro atoms. The average molecular weight is 387 g/mol. The van der Waals surface area contributed by atoms with Crippen LogP contribution >= 0.6 is 0 Å². The number of ether oxygens (including phenoxy) is 1. The van der Waals surface area contributed by atoms with Gasteiger partial charge < -0.3 is 19.3 Å². The van der Waals surface area contributed by atoms with Crippen molar-refractivity contribution in [3.63, 3.8) is 0 Å². The number of aromatic nitrogens is 2. The van der Waals surface area contributed by atoms with Gasteiger partial charge in [0.25, 0.3) is 0 Å². The van der Waals surface area contributed by atoms with E-state index < -0.39 is 6.10 Å². The quantitative estimate of drug-likeness (QED) is 0.494. The van der Waals surface area contributed by atoms with E-state index in [0.29, 0.717) is 6.54 Å². The molecule has 5 nitrogen and oxygen atoms in total. The van der Waals surface area contributed by atoms with Crippen molar-refractivity contribution in [2.24, 2.45) is 0 Å². The third-order valence-corrected chi connectivity index (χ3v) is 4.82. The molecule has 4 rings (SSSR count). The van der Waals surface area contributed by atoms with Crippen molar-refractivity contribution < 1.29 is 9.84 Å². The second kappa shape index (κ2) is 8.80. The predicted molar refractivity (Wildman–Crippen MR) is 116 cm³/mol. The summed E-state index contributed by atoms with van der Waals surface area (Å²) in [5, 5.41) is 10.6. The lowest BCUT2D eigenvalue weighted by molar-refractivity contribution is 0.0937. The molecule has 0 fully saturated rings. The molecule has 0 radical (unpaired) electrons. The normalized spacial score (nSPS) is 12.1. The zero-order valence-electron chi connectivity index (χ0n) is 16.5. The van der Waals surface area contributed by atoms with Gasteiger partial charge in [-0.1, -0.05) is 60.7 Å². The van der Waals surface area contributed by atoms with E-state index in [1.165, 1.54) is 5.56 Å². The number of aliphatic hydroxyl groups is 1. The van der Waals surface area contributed by atoms with Crippen LogP contribution in [0.2, 0.25) is 0 Å². The SMILES string of the molecule is CN(Cc1ccccc1)c1nc2ccccc2n1C[C@@H](O)COc1ccccc1. The molecule has 1 heterocycles. The van der Waals surface area contributed by atoms with E-state index in [1.807, 2.05) is 79.8 Å². The van der Waals surface area contributed by atoms with Crippen molar-refractivity contribution in [1.82, 2.24) is 9.55 Å². The van der Waals surface area contributed by atoms with Crippen LogP contribution in [0.4, 0.5) is 5.95 Å². The molecule has 0 saturated heterocycles. The zero-order chi connectivity index (χ0) is 20.1. The van der Waals surface area contributed by atoms with Crippen molar-refractivity contribution in [3.05, 3.63) is 90.5 Å². The average Bonchev–Trinajstić information content (AvgIpc) is 3.12. The number of aliphatic hydroxyl groups excluding tert-OH is 1. The summed E-state index contributed by atoms with van der Waals surface area (Å²) in [4.78, 5) is 6.93. The highest BCUT2D eigenvalue weighted by molar-refractivity contribution is 5.78. The molecule has 1 N–H and O–H groups in total. The maximum Gasteiger partial charge on any atom is 0.206 e. The highest BCUT2D eigenvalue weighted by Gasteiger charge is 2.17. The van der Waals surface area contributed by atoms with E-state index in [1.54, 1.807) is 0 Å². The molecule has 5 heteroatoms. The van der Waals surface area contributed by atoms with Crippen LogP contribution in [0.25, 0.3) is 11.0 Å². The number of hydrogen-bond donors (Lipinski definition) is 1. The van der Waals surface area contributed by atoms with E-state index in [4.69, 9.17) is 9.72 Å². The summed E-state index contributed by atoms with van der Waals surface area (Å²) in [6.45, 7) is 1.36. The molecule has 148 valence electrons. The van der Waals surface area contributed by atoms with Crippen molar-refractivity contribution in [1.29, 1.82) is 0 Å². The van der Waals surface area contributed by atoms with Crippen molar-refractivity contribution >= 4 is 17.0 Å². The molecule has 0 amide bonds. The first kappa shape index (κ1) is 19.0. The summed E-state index contributed by atoms with van der Waals surface area (Å²) in [7, 11) is 2.03. The molecule has 0 aliphatic rings. The summed E-state index contributed by atoms with van der Waals surface area (Å²) in [5.74, 6) is 1.58. The lowest BCUT2D eigenvalue weighted by Gasteiger charge is -2.22. The summed E-state index contributed by atoms with van der Waals surface area (Å²) in [6.07, 6.45) is -0.656. The van der Waals surface area contributed by atoms with Gasteiger partial charge in [-0.15, -0.1) is 0 Å². The topological polar surface area (TPSA) is 50.5 Å². The van der Waals surface area contributed by atoms with E-state index in [0.717, 1.165) is 29.3 Å². The molecule has 3 aromatic carbocycles. The lowest BCUT2D eigenvalue weighted by Crippen LogP contribution is -2.27. The first-order valence-electron chi connectivity index (χ1n) is 9.77. The second-order valence-corrected chi connectivity index (χ2v) is 7.13. The van der Waals surface area contributed by atoms with E-state index in [2.05, 4.69) is 21.6 Å². The summed E-state index contributed by atoms with van der Waals surface area (Å²) in [6, 6.07) is 27.9. The molecule has 0 bridgehead atoms. The Morgan fingerprint density at radius 1 is 0.931 bits per heavy atom. The molecule has 1 atom stereocenters. The highest BCUT2D eigenvalue weighted by atomic mass is 16.5. The highest BCUT2D eigenvalue weighted by Crippen LogP contribution is 2.24. The third kappa shape index (κ3) is 4.58. The van der Waals surface area contributed by atoms with Gasteiger partial charge in [-0.3, -0.25) is 0 Å². The Kier molecular flexibility index (Phi) is 5.77. The van der Waals surface area contributed by atoms with Gasteiger partial charge in [-0.2, -0.15) is 0 Å². The molecule has 0 saturated carbocycles. The van der Waals surface area contributed by atoms with Gasteiger partial charge >= 0.3 is 0 Å². The minimum Gasteiger partial charge on any atom is -0.491 e. The van der Waals surface area contributed by atoms with Crippen LogP contribution in [0, 0.1) is 0 Å². The Balaban J connectivity index is 1.54. The van der Waals surface area contributed by atoms with Gasteiger partial charge in [0.15, 0.2) is 0 Å². The Labute approximate surface area is 170 Å². The van der Waals surface area contributed by atoms with Gasteiger partial charge in [0.1, 0.15) is 18.5 Å². The maximum absolute atomic E-state index is 10.6. The van der Waals surface area contributed by atoms with Crippen LogP contribution in [0.5, 0.6) is 5.75 Å². The maximum atomic E-state index is 10.6. The monoisotopic (exact) mass is 387 g/mol. The fourth-order valence-electron chi connectivity index (χ4n) is 3.43. The van der Waals surface area contributed by atoms with E-state index in [9.17, 15) is 5.11 Å². The van der Waals surface area contributed by atoms with Crippen LogP contribution in [-0.4, -0.2) is 34.4 Å². The van der Waals surface area contributed by atoms with Gasteiger partial charge in [0.05, 0.1) is 17.6 Å². The lowest BCUT2D eigenvalue weighted by atomic mass is 10.2. The number of imidazole rings is 1. The molecular formula is C24H25N3O2. The molecule has 0 aliphatic heterocycles. The minimum atomic E-state index is -0.656. The number of nitrogens with zero attached hydrogens (tertiary/aromatic N) is 3. The van der Waals surface area contributed by atoms with Gasteiger partial charge in [0, 0.05) is 13.6 Å². The van der Waals surface area contributed by atoms with Gasteiger partial charge in [-0.25, -0.2) is 4.98 Å².